The lowest BCUT2D eigenvalue weighted by atomic mass is 9.83. The molecule has 19 heavy (non-hydrogen) atoms. The van der Waals surface area contributed by atoms with Gasteiger partial charge in [0.15, 0.2) is 0 Å². The second-order valence-electron chi connectivity index (χ2n) is 4.79. The second kappa shape index (κ2) is 5.36. The van der Waals surface area contributed by atoms with E-state index in [-0.39, 0.29) is 17.3 Å². The van der Waals surface area contributed by atoms with E-state index >= 15 is 0 Å². The highest BCUT2D eigenvalue weighted by Gasteiger charge is 2.39. The highest BCUT2D eigenvalue weighted by atomic mass is 16.6. The third kappa shape index (κ3) is 2.58. The van der Waals surface area contributed by atoms with Crippen molar-refractivity contribution in [2.45, 2.75) is 19.8 Å². The molecular weight excluding hydrogens is 246 g/mol. The largest absolute Gasteiger partial charge is 0.320 e. The number of benzene rings is 1. The lowest BCUT2D eigenvalue weighted by Crippen LogP contribution is -2.37. The molecule has 0 radical (unpaired) electrons. The molecule has 0 bridgehead atoms. The number of nitro benzene ring substituents is 1. The Morgan fingerprint density at radius 1 is 1.53 bits per heavy atom. The van der Waals surface area contributed by atoms with Crippen LogP contribution < -0.4 is 10.6 Å². The molecule has 1 atom stereocenters. The molecule has 6 heteroatoms. The molecule has 0 aliphatic carbocycles. The Bertz CT molecular complexity index is 496. The van der Waals surface area contributed by atoms with Gasteiger partial charge in [0.2, 0.25) is 5.91 Å². The van der Waals surface area contributed by atoms with Crippen LogP contribution in [0.25, 0.3) is 0 Å². The first-order valence-electron chi connectivity index (χ1n) is 6.35. The first-order chi connectivity index (χ1) is 9.09. The van der Waals surface area contributed by atoms with Crippen LogP contribution in [-0.4, -0.2) is 23.9 Å². The van der Waals surface area contributed by atoms with Gasteiger partial charge in [0.25, 0.3) is 5.69 Å². The van der Waals surface area contributed by atoms with E-state index in [4.69, 9.17) is 0 Å². The molecule has 1 heterocycles. The summed E-state index contributed by atoms with van der Waals surface area (Å²) in [4.78, 5) is 22.8. The van der Waals surface area contributed by atoms with Crippen molar-refractivity contribution in [2.24, 2.45) is 5.41 Å². The Balaban J connectivity index is 2.21. The summed E-state index contributed by atoms with van der Waals surface area (Å²) in [5.74, 6) is -0.144. The van der Waals surface area contributed by atoms with Crippen molar-refractivity contribution >= 4 is 17.3 Å². The van der Waals surface area contributed by atoms with E-state index in [1.54, 1.807) is 18.2 Å². The molecule has 1 unspecified atom stereocenters. The zero-order valence-electron chi connectivity index (χ0n) is 10.8. The molecule has 0 spiro atoms. The summed E-state index contributed by atoms with van der Waals surface area (Å²) in [6, 6.07) is 6.21. The fourth-order valence-corrected chi connectivity index (χ4v) is 2.39. The lowest BCUT2D eigenvalue weighted by Gasteiger charge is -2.25. The minimum atomic E-state index is -0.485. The first kappa shape index (κ1) is 13.5. The number of nitro groups is 1. The normalized spacial score (nSPS) is 22.2. The fourth-order valence-electron chi connectivity index (χ4n) is 2.39. The summed E-state index contributed by atoms with van der Waals surface area (Å²) in [6.07, 6.45) is 1.47. The van der Waals surface area contributed by atoms with Gasteiger partial charge >= 0.3 is 0 Å². The molecule has 1 fully saturated rings. The zero-order chi connectivity index (χ0) is 13.9. The van der Waals surface area contributed by atoms with Crippen LogP contribution in [0.2, 0.25) is 0 Å². The van der Waals surface area contributed by atoms with Crippen LogP contribution in [0.5, 0.6) is 0 Å². The SMILES string of the molecule is CCC1(C(=O)Nc2ccccc2[N+](=O)[O-])CCNC1. The van der Waals surface area contributed by atoms with Gasteiger partial charge in [0.05, 0.1) is 10.3 Å². The van der Waals surface area contributed by atoms with Crippen LogP contribution >= 0.6 is 0 Å². The average Bonchev–Trinajstić information content (AvgIpc) is 2.89. The summed E-state index contributed by atoms with van der Waals surface area (Å²) in [6.45, 7) is 3.39. The Kier molecular flexibility index (Phi) is 3.80. The molecular formula is C13H17N3O3. The van der Waals surface area contributed by atoms with E-state index in [0.29, 0.717) is 13.0 Å². The maximum Gasteiger partial charge on any atom is 0.292 e. The number of hydrogen-bond acceptors (Lipinski definition) is 4. The van der Waals surface area contributed by atoms with E-state index in [1.165, 1.54) is 6.07 Å². The average molecular weight is 263 g/mol. The van der Waals surface area contributed by atoms with Crippen molar-refractivity contribution in [2.75, 3.05) is 18.4 Å². The molecule has 2 N–H and O–H groups in total. The van der Waals surface area contributed by atoms with Gasteiger partial charge in [0.1, 0.15) is 5.69 Å². The molecule has 6 nitrogen and oxygen atoms in total. The van der Waals surface area contributed by atoms with E-state index in [2.05, 4.69) is 10.6 Å². The fraction of sp³-hybridized carbons (Fsp3) is 0.462. The Morgan fingerprint density at radius 3 is 2.84 bits per heavy atom. The van der Waals surface area contributed by atoms with Gasteiger partial charge in [-0.1, -0.05) is 19.1 Å². The Labute approximate surface area is 111 Å². The van der Waals surface area contributed by atoms with Crippen molar-refractivity contribution in [3.05, 3.63) is 34.4 Å². The number of nitrogens with zero attached hydrogens (tertiary/aromatic N) is 1. The monoisotopic (exact) mass is 263 g/mol. The van der Waals surface area contributed by atoms with Crippen LogP contribution in [0.15, 0.2) is 24.3 Å². The van der Waals surface area contributed by atoms with Crippen molar-refractivity contribution in [1.29, 1.82) is 0 Å². The third-order valence-electron chi connectivity index (χ3n) is 3.75. The van der Waals surface area contributed by atoms with E-state index in [9.17, 15) is 14.9 Å². The van der Waals surface area contributed by atoms with Crippen LogP contribution in [-0.2, 0) is 4.79 Å². The third-order valence-corrected chi connectivity index (χ3v) is 3.75. The quantitative estimate of drug-likeness (QED) is 0.642. The standard InChI is InChI=1S/C13H17N3O3/c1-2-13(7-8-14-9-13)12(17)15-10-5-3-4-6-11(10)16(18)19/h3-6,14H,2,7-9H2,1H3,(H,15,17). The highest BCUT2D eigenvalue weighted by Crippen LogP contribution is 2.32. The van der Waals surface area contributed by atoms with Gasteiger partial charge in [-0.25, -0.2) is 0 Å². The molecule has 2 rings (SSSR count). The molecule has 1 aliphatic rings. The van der Waals surface area contributed by atoms with Gasteiger partial charge < -0.3 is 10.6 Å². The minimum Gasteiger partial charge on any atom is -0.320 e. The van der Waals surface area contributed by atoms with Gasteiger partial charge in [-0.2, -0.15) is 0 Å². The van der Waals surface area contributed by atoms with E-state index < -0.39 is 10.3 Å². The predicted molar refractivity (Wildman–Crippen MR) is 71.9 cm³/mol. The van der Waals surface area contributed by atoms with Crippen molar-refractivity contribution < 1.29 is 9.72 Å². The summed E-state index contributed by atoms with van der Waals surface area (Å²) < 4.78 is 0. The summed E-state index contributed by atoms with van der Waals surface area (Å²) in [5.41, 5.74) is -0.269. The van der Waals surface area contributed by atoms with Crippen LogP contribution in [0.3, 0.4) is 0 Å². The van der Waals surface area contributed by atoms with Crippen LogP contribution in [0, 0.1) is 15.5 Å². The predicted octanol–water partition coefficient (Wildman–Crippen LogP) is 1.92. The van der Waals surface area contributed by atoms with Crippen LogP contribution in [0.1, 0.15) is 19.8 Å². The number of hydrogen-bond donors (Lipinski definition) is 2. The molecule has 1 aromatic rings. The topological polar surface area (TPSA) is 84.3 Å². The Hall–Kier alpha value is -1.95. The highest BCUT2D eigenvalue weighted by molar-refractivity contribution is 5.97. The number of carbonyl (C=O) groups excluding carboxylic acids is 1. The van der Waals surface area contributed by atoms with Crippen molar-refractivity contribution in [1.82, 2.24) is 5.32 Å². The number of nitrogens with one attached hydrogen (secondary N) is 2. The van der Waals surface area contributed by atoms with E-state index in [1.807, 2.05) is 6.92 Å². The maximum atomic E-state index is 12.4. The Morgan fingerprint density at radius 2 is 2.26 bits per heavy atom. The molecule has 102 valence electrons. The number of amides is 1. The summed E-state index contributed by atoms with van der Waals surface area (Å²) in [7, 11) is 0. The van der Waals surface area contributed by atoms with Gasteiger partial charge in [0, 0.05) is 12.6 Å². The molecule has 1 aliphatic heterocycles. The smallest absolute Gasteiger partial charge is 0.292 e. The van der Waals surface area contributed by atoms with Gasteiger partial charge in [-0.15, -0.1) is 0 Å². The molecule has 1 saturated heterocycles. The molecule has 0 saturated carbocycles. The number of anilines is 1. The summed E-state index contributed by atoms with van der Waals surface area (Å²) >= 11 is 0. The first-order valence-corrected chi connectivity index (χ1v) is 6.35. The van der Waals surface area contributed by atoms with Crippen molar-refractivity contribution in [3.63, 3.8) is 0 Å². The van der Waals surface area contributed by atoms with Gasteiger partial charge in [-0.3, -0.25) is 14.9 Å². The number of rotatable bonds is 4. The maximum absolute atomic E-state index is 12.4. The van der Waals surface area contributed by atoms with Crippen molar-refractivity contribution in [3.8, 4) is 0 Å². The minimum absolute atomic E-state index is 0.0759. The molecule has 1 amide bonds. The number of carbonyl (C=O) groups is 1. The van der Waals surface area contributed by atoms with Crippen LogP contribution in [0.4, 0.5) is 11.4 Å². The zero-order valence-corrected chi connectivity index (χ0v) is 10.8. The van der Waals surface area contributed by atoms with E-state index in [0.717, 1.165) is 13.0 Å². The van der Waals surface area contributed by atoms with Gasteiger partial charge in [-0.05, 0) is 25.5 Å². The summed E-state index contributed by atoms with van der Waals surface area (Å²) in [5, 5.41) is 16.8. The molecule has 1 aromatic carbocycles. The molecule has 0 aromatic heterocycles. The lowest BCUT2D eigenvalue weighted by molar-refractivity contribution is -0.383. The second-order valence-corrected chi connectivity index (χ2v) is 4.79. The number of para-hydroxylation sites is 2.